The molecular weight excluding hydrogens is 580 g/mol. The van der Waals surface area contributed by atoms with Crippen LogP contribution < -0.4 is 24.9 Å². The lowest BCUT2D eigenvalue weighted by atomic mass is 9.95. The molecule has 216 valence electrons. The molecule has 1 aliphatic heterocycles. The Hall–Kier alpha value is -4.66. The zero-order valence-corrected chi connectivity index (χ0v) is 25.7. The first-order valence-electron chi connectivity index (χ1n) is 13.7. The molecule has 1 aliphatic rings. The lowest BCUT2D eigenvalue weighted by Crippen LogP contribution is -2.40. The van der Waals surface area contributed by atoms with E-state index >= 15 is 0 Å². The van der Waals surface area contributed by atoms with Crippen molar-refractivity contribution in [1.29, 1.82) is 0 Å². The Morgan fingerprint density at radius 2 is 1.70 bits per heavy atom. The van der Waals surface area contributed by atoms with Gasteiger partial charge in [0.2, 0.25) is 0 Å². The highest BCUT2D eigenvalue weighted by Crippen LogP contribution is 2.32. The molecule has 6 rings (SSSR count). The number of methoxy groups -OCH3 is 1. The van der Waals surface area contributed by atoms with Gasteiger partial charge in [0.05, 0.1) is 29.0 Å². The number of amides is 1. The fourth-order valence-electron chi connectivity index (χ4n) is 5.50. The fourth-order valence-corrected chi connectivity index (χ4v) is 6.66. The predicted molar refractivity (Wildman–Crippen MR) is 172 cm³/mol. The number of ether oxygens (including phenoxy) is 1. The lowest BCUT2D eigenvalue weighted by Gasteiger charge is -2.25. The van der Waals surface area contributed by atoms with Crippen molar-refractivity contribution in [2.45, 2.75) is 26.8 Å². The smallest absolute Gasteiger partial charge is 0.271 e. The van der Waals surface area contributed by atoms with Gasteiger partial charge in [-0.25, -0.2) is 4.99 Å². The topological polar surface area (TPSA) is 77.6 Å². The van der Waals surface area contributed by atoms with Gasteiger partial charge in [-0.1, -0.05) is 53.3 Å². The Morgan fingerprint density at radius 1 is 1.00 bits per heavy atom. The standard InChI is InChI=1S/C34H29ClN4O3S/c1-20-18-24(22(3)38(20)27-14-12-25(35)13-15-27)19-29-33(41)39-31(23-10-16-28(42-4)17-11-23)30(21(2)36-34(39)43-29)32(40)37-26-8-6-5-7-9-26/h5-19,31H,1-4H3,(H,37,40)/b29-19+/t31-/m0/s1. The van der Waals surface area contributed by atoms with Gasteiger partial charge in [0.25, 0.3) is 11.5 Å². The number of para-hydroxylation sites is 1. The predicted octanol–water partition coefficient (Wildman–Crippen LogP) is 5.94. The van der Waals surface area contributed by atoms with Crippen LogP contribution in [0.1, 0.15) is 35.5 Å². The van der Waals surface area contributed by atoms with E-state index in [1.807, 2.05) is 106 Å². The molecule has 0 saturated heterocycles. The number of carbonyl (C=O) groups excluding carboxylic acids is 1. The minimum atomic E-state index is -0.672. The Bertz CT molecular complexity index is 2060. The highest BCUT2D eigenvalue weighted by Gasteiger charge is 2.32. The molecule has 9 heteroatoms. The average molecular weight is 609 g/mol. The number of thiazole rings is 1. The molecule has 3 aromatic carbocycles. The first kappa shape index (κ1) is 28.5. The van der Waals surface area contributed by atoms with E-state index in [0.717, 1.165) is 28.2 Å². The van der Waals surface area contributed by atoms with Crippen molar-refractivity contribution in [2.75, 3.05) is 12.4 Å². The maximum atomic E-state index is 14.2. The summed E-state index contributed by atoms with van der Waals surface area (Å²) < 4.78 is 9.66. The maximum Gasteiger partial charge on any atom is 0.271 e. The maximum absolute atomic E-state index is 14.2. The number of allylic oxidation sites excluding steroid dienone is 1. The average Bonchev–Trinajstić information content (AvgIpc) is 3.46. The minimum absolute atomic E-state index is 0.210. The number of hydrogen-bond donors (Lipinski definition) is 1. The molecule has 0 unspecified atom stereocenters. The largest absolute Gasteiger partial charge is 0.497 e. The number of fused-ring (bicyclic) bond motifs is 1. The Morgan fingerprint density at radius 3 is 2.37 bits per heavy atom. The molecule has 0 radical (unpaired) electrons. The quantitative estimate of drug-likeness (QED) is 0.259. The Kier molecular flexibility index (Phi) is 7.64. The number of aromatic nitrogens is 2. The van der Waals surface area contributed by atoms with Gasteiger partial charge in [-0.2, -0.15) is 0 Å². The molecule has 2 aromatic heterocycles. The van der Waals surface area contributed by atoms with Gasteiger partial charge < -0.3 is 14.6 Å². The normalized spacial score (nSPS) is 14.8. The summed E-state index contributed by atoms with van der Waals surface area (Å²) in [7, 11) is 1.60. The van der Waals surface area contributed by atoms with E-state index in [0.29, 0.717) is 37.1 Å². The monoisotopic (exact) mass is 608 g/mol. The summed E-state index contributed by atoms with van der Waals surface area (Å²) >= 11 is 7.43. The van der Waals surface area contributed by atoms with Gasteiger partial charge in [-0.3, -0.25) is 14.2 Å². The second-order valence-electron chi connectivity index (χ2n) is 10.3. The van der Waals surface area contributed by atoms with Gasteiger partial charge in [-0.05, 0) is 92.6 Å². The van der Waals surface area contributed by atoms with E-state index < -0.39 is 6.04 Å². The van der Waals surface area contributed by atoms with Crippen LogP contribution in [0.2, 0.25) is 5.02 Å². The van der Waals surface area contributed by atoms with Crippen molar-refractivity contribution in [3.8, 4) is 11.4 Å². The van der Waals surface area contributed by atoms with Gasteiger partial charge >= 0.3 is 0 Å². The number of nitrogens with zero attached hydrogens (tertiary/aromatic N) is 3. The number of aryl methyl sites for hydroxylation is 1. The number of carbonyl (C=O) groups is 1. The number of nitrogens with one attached hydrogen (secondary N) is 1. The van der Waals surface area contributed by atoms with Crippen LogP contribution >= 0.6 is 22.9 Å². The van der Waals surface area contributed by atoms with Gasteiger partial charge in [-0.15, -0.1) is 0 Å². The van der Waals surface area contributed by atoms with Crippen LogP contribution in [0, 0.1) is 13.8 Å². The molecule has 0 spiro atoms. The van der Waals surface area contributed by atoms with E-state index in [2.05, 4.69) is 16.0 Å². The molecule has 0 saturated carbocycles. The molecule has 43 heavy (non-hydrogen) atoms. The van der Waals surface area contributed by atoms with Crippen LogP contribution in [0.3, 0.4) is 0 Å². The summed E-state index contributed by atoms with van der Waals surface area (Å²) in [5.74, 6) is 0.372. The van der Waals surface area contributed by atoms with E-state index in [4.69, 9.17) is 21.3 Å². The van der Waals surface area contributed by atoms with E-state index in [-0.39, 0.29) is 11.5 Å². The van der Waals surface area contributed by atoms with Crippen molar-refractivity contribution >= 4 is 40.6 Å². The number of benzene rings is 3. The fraction of sp³-hybridized carbons (Fsp3) is 0.147. The first-order valence-corrected chi connectivity index (χ1v) is 14.9. The van der Waals surface area contributed by atoms with Gasteiger partial charge in [0.1, 0.15) is 5.75 Å². The Balaban J connectivity index is 1.49. The number of anilines is 1. The lowest BCUT2D eigenvalue weighted by molar-refractivity contribution is -0.113. The SMILES string of the molecule is COc1ccc([C@H]2C(C(=O)Nc3ccccc3)=C(C)N=c3s/c(=C/c4cc(C)n(-c5ccc(Cl)cc5)c4C)c(=O)n32)cc1. The third kappa shape index (κ3) is 5.35. The van der Waals surface area contributed by atoms with Crippen LogP contribution in [-0.2, 0) is 4.79 Å². The second-order valence-corrected chi connectivity index (χ2v) is 11.8. The molecule has 1 N–H and O–H groups in total. The molecule has 0 fully saturated rings. The van der Waals surface area contributed by atoms with Crippen LogP contribution in [0.25, 0.3) is 11.8 Å². The molecular formula is C34H29ClN4O3S. The number of halogens is 1. The summed E-state index contributed by atoms with van der Waals surface area (Å²) in [6.07, 6.45) is 1.91. The van der Waals surface area contributed by atoms with Crippen LogP contribution in [0.4, 0.5) is 5.69 Å². The molecule has 1 atom stereocenters. The zero-order valence-electron chi connectivity index (χ0n) is 24.1. The first-order chi connectivity index (χ1) is 20.7. The Labute approximate surface area is 257 Å². The zero-order chi connectivity index (χ0) is 30.2. The van der Waals surface area contributed by atoms with Gasteiger partial charge in [0, 0.05) is 27.8 Å². The van der Waals surface area contributed by atoms with Crippen LogP contribution in [0.15, 0.2) is 106 Å². The molecule has 0 aliphatic carbocycles. The van der Waals surface area contributed by atoms with Crippen molar-refractivity contribution in [2.24, 2.45) is 4.99 Å². The van der Waals surface area contributed by atoms with Crippen LogP contribution in [-0.4, -0.2) is 22.2 Å². The highest BCUT2D eigenvalue weighted by atomic mass is 35.5. The summed E-state index contributed by atoms with van der Waals surface area (Å²) in [5, 5.41) is 3.66. The van der Waals surface area contributed by atoms with Crippen molar-refractivity contribution in [1.82, 2.24) is 9.13 Å². The minimum Gasteiger partial charge on any atom is -0.497 e. The molecule has 3 heterocycles. The van der Waals surface area contributed by atoms with Crippen molar-refractivity contribution in [3.05, 3.63) is 143 Å². The molecule has 7 nitrogen and oxygen atoms in total. The summed E-state index contributed by atoms with van der Waals surface area (Å²) in [6, 6.07) is 25.7. The van der Waals surface area contributed by atoms with Crippen molar-refractivity contribution in [3.63, 3.8) is 0 Å². The summed E-state index contributed by atoms with van der Waals surface area (Å²) in [5.41, 5.74) is 6.15. The molecule has 0 bridgehead atoms. The van der Waals surface area contributed by atoms with E-state index in [1.54, 1.807) is 11.7 Å². The number of rotatable bonds is 6. The molecule has 5 aromatic rings. The highest BCUT2D eigenvalue weighted by molar-refractivity contribution is 7.07. The second kappa shape index (κ2) is 11.6. The van der Waals surface area contributed by atoms with E-state index in [9.17, 15) is 9.59 Å². The number of hydrogen-bond acceptors (Lipinski definition) is 5. The summed E-state index contributed by atoms with van der Waals surface area (Å²) in [6.45, 7) is 5.87. The summed E-state index contributed by atoms with van der Waals surface area (Å²) in [4.78, 5) is 33.2. The van der Waals surface area contributed by atoms with Gasteiger partial charge in [0.15, 0.2) is 4.80 Å². The van der Waals surface area contributed by atoms with Crippen molar-refractivity contribution < 1.29 is 9.53 Å². The molecule has 1 amide bonds. The van der Waals surface area contributed by atoms with E-state index in [1.165, 1.54) is 11.3 Å². The third-order valence-corrected chi connectivity index (χ3v) is 8.81. The van der Waals surface area contributed by atoms with Crippen LogP contribution in [0.5, 0.6) is 5.75 Å². The third-order valence-electron chi connectivity index (χ3n) is 7.57.